The third-order valence-electron chi connectivity index (χ3n) is 4.54. The number of urea groups is 1. The number of amides is 2. The van der Waals surface area contributed by atoms with E-state index in [4.69, 9.17) is 0 Å². The Balaban J connectivity index is 1.47. The lowest BCUT2D eigenvalue weighted by molar-refractivity contribution is 0.251. The first kappa shape index (κ1) is 18.2. The summed E-state index contributed by atoms with van der Waals surface area (Å²) >= 11 is 0. The zero-order valence-electron chi connectivity index (χ0n) is 15.6. The van der Waals surface area contributed by atoms with Gasteiger partial charge >= 0.3 is 6.03 Å². The lowest BCUT2D eigenvalue weighted by Crippen LogP contribution is -2.33. The number of benzene rings is 1. The molecule has 2 aromatic rings. The van der Waals surface area contributed by atoms with E-state index in [0.29, 0.717) is 19.0 Å². The maximum Gasteiger partial charge on any atom is 0.319 e. The molecule has 1 fully saturated rings. The normalized spacial score (nSPS) is 14.1. The highest BCUT2D eigenvalue weighted by Gasteiger charge is 2.25. The topological polar surface area (TPSA) is 76.0 Å². The molecule has 6 heteroatoms. The highest BCUT2D eigenvalue weighted by Crippen LogP contribution is 2.38. The molecular formula is C20H26N4O2. The molecule has 138 valence electrons. The molecule has 3 rings (SSSR count). The summed E-state index contributed by atoms with van der Waals surface area (Å²) in [4.78, 5) is 28.4. The Hall–Kier alpha value is -2.63. The Morgan fingerprint density at radius 3 is 2.50 bits per heavy atom. The first-order chi connectivity index (χ1) is 12.3. The standard InChI is InChI=1S/C20H26N4O2/c1-20(2,3)15-6-8-16(9-7-15)23-19(26)21-10-11-24-13-22-17(12-18(24)25)14-4-5-14/h6-9,12-14H,4-5,10-11H2,1-3H3,(H2,21,23,26). The average Bonchev–Trinajstić information content (AvgIpc) is 3.41. The second-order valence-electron chi connectivity index (χ2n) is 7.83. The van der Waals surface area contributed by atoms with Crippen LogP contribution in [0.4, 0.5) is 10.5 Å². The van der Waals surface area contributed by atoms with Gasteiger partial charge in [-0.3, -0.25) is 9.36 Å². The zero-order valence-corrected chi connectivity index (χ0v) is 15.6. The van der Waals surface area contributed by atoms with Crippen molar-refractivity contribution in [2.75, 3.05) is 11.9 Å². The number of aromatic nitrogens is 2. The maximum atomic E-state index is 12.0. The van der Waals surface area contributed by atoms with E-state index in [0.717, 1.165) is 24.2 Å². The fourth-order valence-electron chi connectivity index (χ4n) is 2.73. The molecule has 1 heterocycles. The van der Waals surface area contributed by atoms with Crippen molar-refractivity contribution in [1.29, 1.82) is 0 Å². The van der Waals surface area contributed by atoms with Gasteiger partial charge in [0.2, 0.25) is 0 Å². The molecule has 0 spiro atoms. The second-order valence-corrected chi connectivity index (χ2v) is 7.83. The van der Waals surface area contributed by atoms with Gasteiger partial charge < -0.3 is 10.6 Å². The Labute approximate surface area is 153 Å². The third-order valence-corrected chi connectivity index (χ3v) is 4.54. The summed E-state index contributed by atoms with van der Waals surface area (Å²) in [6.07, 6.45) is 3.81. The van der Waals surface area contributed by atoms with Crippen LogP contribution in [-0.4, -0.2) is 22.1 Å². The van der Waals surface area contributed by atoms with Crippen molar-refractivity contribution >= 4 is 11.7 Å². The van der Waals surface area contributed by atoms with Crippen LogP contribution in [0.2, 0.25) is 0 Å². The van der Waals surface area contributed by atoms with Crippen LogP contribution < -0.4 is 16.2 Å². The van der Waals surface area contributed by atoms with Gasteiger partial charge in [-0.15, -0.1) is 0 Å². The SMILES string of the molecule is CC(C)(C)c1ccc(NC(=O)NCCn2cnc(C3CC3)cc2=O)cc1. The maximum absolute atomic E-state index is 12.0. The van der Waals surface area contributed by atoms with Gasteiger partial charge in [-0.1, -0.05) is 32.9 Å². The predicted octanol–water partition coefficient (Wildman–Crippen LogP) is 3.24. The molecule has 1 aromatic carbocycles. The molecule has 6 nitrogen and oxygen atoms in total. The Morgan fingerprint density at radius 1 is 1.23 bits per heavy atom. The van der Waals surface area contributed by atoms with Crippen LogP contribution in [0, 0.1) is 0 Å². The number of hydrogen-bond donors (Lipinski definition) is 2. The number of carbonyl (C=O) groups is 1. The molecule has 0 saturated heterocycles. The van der Waals surface area contributed by atoms with Gasteiger partial charge in [0.25, 0.3) is 5.56 Å². The summed E-state index contributed by atoms with van der Waals surface area (Å²) in [7, 11) is 0. The van der Waals surface area contributed by atoms with Gasteiger partial charge in [-0.25, -0.2) is 9.78 Å². The van der Waals surface area contributed by atoms with Crippen LogP contribution in [-0.2, 0) is 12.0 Å². The fraction of sp³-hybridized carbons (Fsp3) is 0.450. The molecule has 1 aliphatic rings. The highest BCUT2D eigenvalue weighted by molar-refractivity contribution is 5.89. The van der Waals surface area contributed by atoms with Gasteiger partial charge in [0.05, 0.1) is 12.0 Å². The summed E-state index contributed by atoms with van der Waals surface area (Å²) in [5, 5.41) is 5.56. The molecule has 0 bridgehead atoms. The predicted molar refractivity (Wildman–Crippen MR) is 103 cm³/mol. The molecule has 0 atom stereocenters. The van der Waals surface area contributed by atoms with E-state index < -0.39 is 0 Å². The van der Waals surface area contributed by atoms with E-state index in [2.05, 4.69) is 36.4 Å². The minimum atomic E-state index is -0.288. The lowest BCUT2D eigenvalue weighted by atomic mass is 9.87. The average molecular weight is 354 g/mol. The fourth-order valence-corrected chi connectivity index (χ4v) is 2.73. The summed E-state index contributed by atoms with van der Waals surface area (Å²) in [6, 6.07) is 9.14. The molecule has 1 aromatic heterocycles. The number of anilines is 1. The van der Waals surface area contributed by atoms with Gasteiger partial charge in [-0.05, 0) is 36.0 Å². The molecular weight excluding hydrogens is 328 g/mol. The van der Waals surface area contributed by atoms with Gasteiger partial charge in [0.1, 0.15) is 0 Å². The Morgan fingerprint density at radius 2 is 1.92 bits per heavy atom. The summed E-state index contributed by atoms with van der Waals surface area (Å²) < 4.78 is 1.52. The van der Waals surface area contributed by atoms with E-state index in [1.165, 1.54) is 10.1 Å². The van der Waals surface area contributed by atoms with E-state index in [1.807, 2.05) is 24.3 Å². The summed E-state index contributed by atoms with van der Waals surface area (Å²) in [6.45, 7) is 7.20. The molecule has 26 heavy (non-hydrogen) atoms. The monoisotopic (exact) mass is 354 g/mol. The molecule has 0 aliphatic heterocycles. The molecule has 0 unspecified atom stereocenters. The quantitative estimate of drug-likeness (QED) is 0.865. The van der Waals surface area contributed by atoms with Crippen LogP contribution in [0.1, 0.15) is 50.8 Å². The van der Waals surface area contributed by atoms with Crippen molar-refractivity contribution in [2.45, 2.75) is 51.5 Å². The number of carbonyl (C=O) groups excluding carboxylic acids is 1. The number of hydrogen-bond acceptors (Lipinski definition) is 3. The van der Waals surface area contributed by atoms with Crippen molar-refractivity contribution in [3.05, 3.63) is 58.3 Å². The number of nitrogens with one attached hydrogen (secondary N) is 2. The largest absolute Gasteiger partial charge is 0.336 e. The minimum absolute atomic E-state index is 0.0677. The number of rotatable bonds is 5. The van der Waals surface area contributed by atoms with Crippen LogP contribution in [0.3, 0.4) is 0 Å². The Bertz CT molecular complexity index is 830. The van der Waals surface area contributed by atoms with Crippen molar-refractivity contribution in [3.63, 3.8) is 0 Å². The van der Waals surface area contributed by atoms with Crippen LogP contribution in [0.5, 0.6) is 0 Å². The number of nitrogens with zero attached hydrogens (tertiary/aromatic N) is 2. The zero-order chi connectivity index (χ0) is 18.7. The molecule has 0 radical (unpaired) electrons. The van der Waals surface area contributed by atoms with Crippen molar-refractivity contribution in [1.82, 2.24) is 14.9 Å². The van der Waals surface area contributed by atoms with E-state index >= 15 is 0 Å². The van der Waals surface area contributed by atoms with Crippen molar-refractivity contribution in [2.24, 2.45) is 0 Å². The van der Waals surface area contributed by atoms with Gasteiger partial charge in [0.15, 0.2) is 0 Å². The molecule has 2 amide bonds. The highest BCUT2D eigenvalue weighted by atomic mass is 16.2. The van der Waals surface area contributed by atoms with Gasteiger partial charge in [0, 0.05) is 30.8 Å². The first-order valence-corrected chi connectivity index (χ1v) is 9.05. The second kappa shape index (κ2) is 7.32. The minimum Gasteiger partial charge on any atom is -0.336 e. The molecule has 1 saturated carbocycles. The van der Waals surface area contributed by atoms with Crippen LogP contribution in [0.15, 0.2) is 41.5 Å². The van der Waals surface area contributed by atoms with E-state index in [-0.39, 0.29) is 17.0 Å². The first-order valence-electron chi connectivity index (χ1n) is 9.05. The van der Waals surface area contributed by atoms with Crippen LogP contribution >= 0.6 is 0 Å². The van der Waals surface area contributed by atoms with E-state index in [1.54, 1.807) is 12.4 Å². The molecule has 1 aliphatic carbocycles. The third kappa shape index (κ3) is 4.71. The van der Waals surface area contributed by atoms with Gasteiger partial charge in [-0.2, -0.15) is 0 Å². The van der Waals surface area contributed by atoms with E-state index in [9.17, 15) is 9.59 Å². The van der Waals surface area contributed by atoms with Crippen LogP contribution in [0.25, 0.3) is 0 Å². The summed E-state index contributed by atoms with van der Waals surface area (Å²) in [5.74, 6) is 0.464. The lowest BCUT2D eigenvalue weighted by Gasteiger charge is -2.19. The van der Waals surface area contributed by atoms with Crippen molar-refractivity contribution in [3.8, 4) is 0 Å². The Kier molecular flexibility index (Phi) is 5.11. The smallest absolute Gasteiger partial charge is 0.319 e. The van der Waals surface area contributed by atoms with Crippen molar-refractivity contribution < 1.29 is 4.79 Å². The summed E-state index contributed by atoms with van der Waals surface area (Å²) in [5.41, 5.74) is 2.85. The molecule has 2 N–H and O–H groups in total.